The van der Waals surface area contributed by atoms with Gasteiger partial charge in [-0.25, -0.2) is 0 Å². The molecule has 2 fully saturated rings. The largest absolute Gasteiger partial charge is 0.0654 e. The van der Waals surface area contributed by atoms with Crippen LogP contribution in [0.3, 0.4) is 0 Å². The van der Waals surface area contributed by atoms with Gasteiger partial charge in [0.1, 0.15) is 0 Å². The highest BCUT2D eigenvalue weighted by Gasteiger charge is 2.35. The summed E-state index contributed by atoms with van der Waals surface area (Å²) in [6.45, 7) is 9.89. The normalized spacial score (nSPS) is 40.7. The van der Waals surface area contributed by atoms with E-state index in [1.54, 1.807) is 0 Å². The molecule has 0 aromatic heterocycles. The summed E-state index contributed by atoms with van der Waals surface area (Å²) in [4.78, 5) is 0. The van der Waals surface area contributed by atoms with Crippen LogP contribution in [0.4, 0.5) is 0 Å². The molecule has 2 rings (SSSR count). The summed E-state index contributed by atoms with van der Waals surface area (Å²) in [5.74, 6) is 6.13. The highest BCUT2D eigenvalue weighted by atomic mass is 14.4. The fourth-order valence-electron chi connectivity index (χ4n) is 5.09. The molecule has 0 saturated heterocycles. The Morgan fingerprint density at radius 1 is 0.895 bits per heavy atom. The summed E-state index contributed by atoms with van der Waals surface area (Å²) >= 11 is 0. The lowest BCUT2D eigenvalue weighted by Crippen LogP contribution is -2.20. The second kappa shape index (κ2) is 7.14. The average molecular weight is 264 g/mol. The van der Waals surface area contributed by atoms with Crippen LogP contribution >= 0.6 is 0 Å². The molecule has 112 valence electrons. The van der Waals surface area contributed by atoms with Gasteiger partial charge < -0.3 is 0 Å². The molecule has 0 heteroatoms. The maximum atomic E-state index is 2.53. The Labute approximate surface area is 121 Å². The molecule has 0 aromatic carbocycles. The predicted molar refractivity (Wildman–Crippen MR) is 85.2 cm³/mol. The van der Waals surface area contributed by atoms with Crippen molar-refractivity contribution in [2.45, 2.75) is 85.5 Å². The summed E-state index contributed by atoms with van der Waals surface area (Å²) in [7, 11) is 0. The average Bonchev–Trinajstić information content (AvgIpc) is 2.94. The second-order valence-corrected chi connectivity index (χ2v) is 7.87. The van der Waals surface area contributed by atoms with Gasteiger partial charge in [0, 0.05) is 0 Å². The summed E-state index contributed by atoms with van der Waals surface area (Å²) in [6.07, 6.45) is 13.5. The van der Waals surface area contributed by atoms with Gasteiger partial charge in [0.25, 0.3) is 0 Å². The van der Waals surface area contributed by atoms with Gasteiger partial charge in [0.05, 0.1) is 0 Å². The molecule has 0 bridgehead atoms. The third-order valence-electron chi connectivity index (χ3n) is 6.74. The van der Waals surface area contributed by atoms with Crippen LogP contribution in [0.2, 0.25) is 0 Å². The molecule has 19 heavy (non-hydrogen) atoms. The first-order valence-electron chi connectivity index (χ1n) is 9.13. The van der Waals surface area contributed by atoms with Crippen LogP contribution in [0.1, 0.15) is 85.5 Å². The van der Waals surface area contributed by atoms with E-state index in [1.807, 2.05) is 0 Å². The van der Waals surface area contributed by atoms with Crippen LogP contribution in [-0.2, 0) is 0 Å². The molecule has 0 heterocycles. The molecule has 0 aliphatic heterocycles. The zero-order chi connectivity index (χ0) is 13.8. The van der Waals surface area contributed by atoms with Gasteiger partial charge in [-0.1, -0.05) is 66.2 Å². The number of hydrogen-bond donors (Lipinski definition) is 0. The van der Waals surface area contributed by atoms with Gasteiger partial charge in [-0.2, -0.15) is 0 Å². The van der Waals surface area contributed by atoms with E-state index >= 15 is 0 Å². The lowest BCUT2D eigenvalue weighted by atomic mass is 9.76. The molecule has 2 saturated carbocycles. The highest BCUT2D eigenvalue weighted by Crippen LogP contribution is 2.45. The van der Waals surface area contributed by atoms with Gasteiger partial charge >= 0.3 is 0 Å². The molecular weight excluding hydrogens is 228 g/mol. The fourth-order valence-corrected chi connectivity index (χ4v) is 5.09. The zero-order valence-corrected chi connectivity index (χ0v) is 13.8. The van der Waals surface area contributed by atoms with Crippen molar-refractivity contribution in [2.75, 3.05) is 0 Å². The monoisotopic (exact) mass is 264 g/mol. The van der Waals surface area contributed by atoms with E-state index in [4.69, 9.17) is 0 Å². The van der Waals surface area contributed by atoms with Crippen LogP contribution in [0, 0.1) is 35.5 Å². The maximum Gasteiger partial charge on any atom is -0.0357 e. The van der Waals surface area contributed by atoms with Crippen LogP contribution in [0.25, 0.3) is 0 Å². The first-order chi connectivity index (χ1) is 9.13. The minimum absolute atomic E-state index is 0.981. The Kier molecular flexibility index (Phi) is 5.78. The Bertz CT molecular complexity index is 257. The van der Waals surface area contributed by atoms with Crippen molar-refractivity contribution >= 4 is 0 Å². The van der Waals surface area contributed by atoms with Crippen molar-refractivity contribution in [3.05, 3.63) is 0 Å². The molecule has 6 unspecified atom stereocenters. The van der Waals surface area contributed by atoms with Crippen molar-refractivity contribution < 1.29 is 0 Å². The minimum atomic E-state index is 0.981. The van der Waals surface area contributed by atoms with E-state index in [1.165, 1.54) is 57.8 Å². The van der Waals surface area contributed by atoms with Crippen molar-refractivity contribution in [3.63, 3.8) is 0 Å². The maximum absolute atomic E-state index is 2.53. The first kappa shape index (κ1) is 15.4. The van der Waals surface area contributed by atoms with Crippen molar-refractivity contribution in [1.82, 2.24) is 0 Å². The highest BCUT2D eigenvalue weighted by molar-refractivity contribution is 4.85. The third kappa shape index (κ3) is 3.76. The molecule has 2 aliphatic carbocycles. The van der Waals surface area contributed by atoms with Gasteiger partial charge in [-0.15, -0.1) is 0 Å². The molecule has 0 radical (unpaired) electrons. The van der Waals surface area contributed by atoms with Crippen LogP contribution in [-0.4, -0.2) is 0 Å². The molecule has 2 aliphatic rings. The molecule has 0 N–H and O–H groups in total. The Morgan fingerprint density at radius 2 is 1.68 bits per heavy atom. The van der Waals surface area contributed by atoms with Crippen molar-refractivity contribution in [2.24, 2.45) is 35.5 Å². The third-order valence-corrected chi connectivity index (χ3v) is 6.74. The quantitative estimate of drug-likeness (QED) is 0.528. The van der Waals surface area contributed by atoms with Gasteiger partial charge in [-0.3, -0.25) is 0 Å². The molecular formula is C19H36. The van der Waals surface area contributed by atoms with Crippen LogP contribution < -0.4 is 0 Å². The summed E-state index contributed by atoms with van der Waals surface area (Å²) in [5, 5.41) is 0. The van der Waals surface area contributed by atoms with Gasteiger partial charge in [0.2, 0.25) is 0 Å². The summed E-state index contributed by atoms with van der Waals surface area (Å²) < 4.78 is 0. The van der Waals surface area contributed by atoms with E-state index in [0.717, 1.165) is 35.5 Å². The van der Waals surface area contributed by atoms with E-state index in [0.29, 0.717) is 0 Å². The zero-order valence-electron chi connectivity index (χ0n) is 13.8. The standard InChI is InChI=1S/C19H36/c1-5-7-18(19-13-10-14(2)16(19)4)12-11-17-9-6-8-15(17)3/h14-19H,5-13H2,1-4H3. The SMILES string of the molecule is CCCC(CCC1CCCC1C)C1CCC(C)C1C. The lowest BCUT2D eigenvalue weighted by molar-refractivity contribution is 0.206. The second-order valence-electron chi connectivity index (χ2n) is 7.87. The molecule has 0 aromatic rings. The number of hydrogen-bond acceptors (Lipinski definition) is 0. The Morgan fingerprint density at radius 3 is 2.21 bits per heavy atom. The molecule has 0 amide bonds. The molecule has 0 spiro atoms. The topological polar surface area (TPSA) is 0 Å². The van der Waals surface area contributed by atoms with Crippen LogP contribution in [0.5, 0.6) is 0 Å². The van der Waals surface area contributed by atoms with E-state index in [9.17, 15) is 0 Å². The smallest absolute Gasteiger partial charge is 0.0357 e. The van der Waals surface area contributed by atoms with Gasteiger partial charge in [-0.05, 0) is 54.8 Å². The summed E-state index contributed by atoms with van der Waals surface area (Å²) in [6, 6.07) is 0. The predicted octanol–water partition coefficient (Wildman–Crippen LogP) is 6.30. The van der Waals surface area contributed by atoms with E-state index in [2.05, 4.69) is 27.7 Å². The van der Waals surface area contributed by atoms with E-state index in [-0.39, 0.29) is 0 Å². The van der Waals surface area contributed by atoms with Crippen molar-refractivity contribution in [3.8, 4) is 0 Å². The van der Waals surface area contributed by atoms with Crippen LogP contribution in [0.15, 0.2) is 0 Å². The Balaban J connectivity index is 1.85. The van der Waals surface area contributed by atoms with E-state index < -0.39 is 0 Å². The molecule has 6 atom stereocenters. The Hall–Kier alpha value is 0. The molecule has 0 nitrogen and oxygen atoms in total. The minimum Gasteiger partial charge on any atom is -0.0654 e. The summed E-state index contributed by atoms with van der Waals surface area (Å²) in [5.41, 5.74) is 0. The van der Waals surface area contributed by atoms with Gasteiger partial charge in [0.15, 0.2) is 0 Å². The first-order valence-corrected chi connectivity index (χ1v) is 9.13. The fraction of sp³-hybridized carbons (Fsp3) is 1.00. The number of rotatable bonds is 6. The van der Waals surface area contributed by atoms with Crippen molar-refractivity contribution in [1.29, 1.82) is 0 Å². The lowest BCUT2D eigenvalue weighted by Gasteiger charge is -2.29.